The maximum Gasteiger partial charge on any atom is 0.135 e. The Hall–Kier alpha value is -7.94. The number of furan rings is 1. The van der Waals surface area contributed by atoms with Crippen molar-refractivity contribution in [2.24, 2.45) is 0 Å². The minimum Gasteiger partial charge on any atom is -0.456 e. The molecule has 11 rings (SSSR count). The van der Waals surface area contributed by atoms with Gasteiger partial charge in [0.05, 0.1) is 5.69 Å². The van der Waals surface area contributed by atoms with Crippen molar-refractivity contribution in [2.45, 2.75) is 0 Å². The van der Waals surface area contributed by atoms with Gasteiger partial charge in [0.25, 0.3) is 0 Å². The van der Waals surface area contributed by atoms with Crippen molar-refractivity contribution < 1.29 is 4.42 Å². The van der Waals surface area contributed by atoms with Crippen LogP contribution in [0.3, 0.4) is 0 Å². The summed E-state index contributed by atoms with van der Waals surface area (Å²) in [5, 5.41) is 5.95. The van der Waals surface area contributed by atoms with E-state index in [1.807, 2.05) is 18.2 Å². The number of fused-ring (bicyclic) bond motifs is 3. The molecule has 0 bridgehead atoms. The second kappa shape index (κ2) is 15.1. The first-order chi connectivity index (χ1) is 29.7. The molecule has 60 heavy (non-hydrogen) atoms. The standard InChI is InChI=1S/C58H39NO/c1-2-13-40(14-3-1)44-18-10-19-45(37-44)41-27-31-49(32-28-41)59(50-33-29-43(30-34-50)52-25-12-17-42-15-4-6-22-51(42)52)56-36-35-53(54-23-7-8-24-55(54)56)46-20-11-21-47(38-46)58-39-48-16-5-9-26-57(48)60-58/h1-39H. The topological polar surface area (TPSA) is 16.4 Å². The number of rotatable bonds is 8. The highest BCUT2D eigenvalue weighted by Gasteiger charge is 2.19. The molecule has 11 aromatic rings. The largest absolute Gasteiger partial charge is 0.456 e. The predicted octanol–water partition coefficient (Wildman–Crippen LogP) is 16.5. The molecule has 1 aromatic heterocycles. The lowest BCUT2D eigenvalue weighted by Gasteiger charge is -2.28. The van der Waals surface area contributed by atoms with Gasteiger partial charge in [0.1, 0.15) is 11.3 Å². The molecular formula is C58H39NO. The van der Waals surface area contributed by atoms with Gasteiger partial charge in [-0.2, -0.15) is 0 Å². The van der Waals surface area contributed by atoms with Gasteiger partial charge in [-0.1, -0.05) is 182 Å². The zero-order chi connectivity index (χ0) is 39.8. The van der Waals surface area contributed by atoms with E-state index in [0.717, 1.165) is 44.9 Å². The monoisotopic (exact) mass is 765 g/mol. The van der Waals surface area contributed by atoms with Crippen molar-refractivity contribution in [1.82, 2.24) is 0 Å². The van der Waals surface area contributed by atoms with Crippen molar-refractivity contribution in [2.75, 3.05) is 4.90 Å². The van der Waals surface area contributed by atoms with E-state index >= 15 is 0 Å². The third kappa shape index (κ3) is 6.51. The van der Waals surface area contributed by atoms with E-state index in [0.29, 0.717) is 0 Å². The summed E-state index contributed by atoms with van der Waals surface area (Å²) in [6, 6.07) is 84.9. The van der Waals surface area contributed by atoms with Gasteiger partial charge in [0.2, 0.25) is 0 Å². The number of nitrogens with zero attached hydrogens (tertiary/aromatic N) is 1. The number of anilines is 3. The van der Waals surface area contributed by atoms with Crippen LogP contribution in [0.1, 0.15) is 0 Å². The lowest BCUT2D eigenvalue weighted by Crippen LogP contribution is -2.10. The van der Waals surface area contributed by atoms with Gasteiger partial charge < -0.3 is 9.32 Å². The Bertz CT molecular complexity index is 3270. The Morgan fingerprint density at radius 3 is 1.55 bits per heavy atom. The van der Waals surface area contributed by atoms with Crippen LogP contribution in [0.25, 0.3) is 88.3 Å². The van der Waals surface area contributed by atoms with Crippen LogP contribution in [0, 0.1) is 0 Å². The van der Waals surface area contributed by atoms with E-state index in [2.05, 4.69) is 223 Å². The second-order valence-electron chi connectivity index (χ2n) is 15.3. The lowest BCUT2D eigenvalue weighted by atomic mass is 9.94. The highest BCUT2D eigenvalue weighted by atomic mass is 16.3. The number of para-hydroxylation sites is 1. The van der Waals surface area contributed by atoms with Gasteiger partial charge >= 0.3 is 0 Å². The molecule has 0 unspecified atom stereocenters. The predicted molar refractivity (Wildman–Crippen MR) is 253 cm³/mol. The average molecular weight is 766 g/mol. The van der Waals surface area contributed by atoms with Crippen molar-refractivity contribution in [3.63, 3.8) is 0 Å². The molecule has 0 aliphatic rings. The molecule has 0 radical (unpaired) electrons. The van der Waals surface area contributed by atoms with E-state index in [4.69, 9.17) is 4.42 Å². The maximum absolute atomic E-state index is 6.29. The Kier molecular flexibility index (Phi) is 8.87. The molecule has 0 saturated carbocycles. The maximum atomic E-state index is 6.29. The Morgan fingerprint density at radius 2 is 0.800 bits per heavy atom. The van der Waals surface area contributed by atoms with Gasteiger partial charge in [-0.25, -0.2) is 0 Å². The summed E-state index contributed by atoms with van der Waals surface area (Å²) >= 11 is 0. The molecule has 1 heterocycles. The second-order valence-corrected chi connectivity index (χ2v) is 15.3. The van der Waals surface area contributed by atoms with Gasteiger partial charge in [0.15, 0.2) is 0 Å². The molecule has 10 aromatic carbocycles. The van der Waals surface area contributed by atoms with Crippen LogP contribution >= 0.6 is 0 Å². The van der Waals surface area contributed by atoms with Crippen molar-refractivity contribution in [3.8, 4) is 55.8 Å². The van der Waals surface area contributed by atoms with Crippen molar-refractivity contribution >= 4 is 49.6 Å². The summed E-state index contributed by atoms with van der Waals surface area (Å²) in [4.78, 5) is 2.40. The van der Waals surface area contributed by atoms with E-state index in [1.165, 1.54) is 60.5 Å². The minimum absolute atomic E-state index is 0.868. The molecule has 0 aliphatic heterocycles. The molecule has 2 heteroatoms. The average Bonchev–Trinajstić information content (AvgIpc) is 3.77. The minimum atomic E-state index is 0.868. The summed E-state index contributed by atoms with van der Waals surface area (Å²) < 4.78 is 6.29. The Morgan fingerprint density at radius 1 is 0.283 bits per heavy atom. The summed E-state index contributed by atoms with van der Waals surface area (Å²) in [6.45, 7) is 0. The van der Waals surface area contributed by atoms with Crippen molar-refractivity contribution in [1.29, 1.82) is 0 Å². The molecule has 0 aliphatic carbocycles. The van der Waals surface area contributed by atoms with E-state index in [9.17, 15) is 0 Å². The van der Waals surface area contributed by atoms with Gasteiger partial charge in [0, 0.05) is 27.7 Å². The molecular weight excluding hydrogens is 727 g/mol. The summed E-state index contributed by atoms with van der Waals surface area (Å²) in [6.07, 6.45) is 0. The molecule has 0 atom stereocenters. The van der Waals surface area contributed by atoms with E-state index in [1.54, 1.807) is 0 Å². The Labute approximate surface area is 349 Å². The van der Waals surface area contributed by atoms with E-state index < -0.39 is 0 Å². The van der Waals surface area contributed by atoms with Crippen molar-refractivity contribution in [3.05, 3.63) is 237 Å². The summed E-state index contributed by atoms with van der Waals surface area (Å²) in [7, 11) is 0. The highest BCUT2D eigenvalue weighted by molar-refractivity contribution is 6.07. The number of hydrogen-bond donors (Lipinski definition) is 0. The molecule has 282 valence electrons. The summed E-state index contributed by atoms with van der Waals surface area (Å²) in [5.74, 6) is 0.868. The van der Waals surface area contributed by atoms with Crippen LogP contribution in [-0.4, -0.2) is 0 Å². The Balaban J connectivity index is 1.02. The molecule has 0 spiro atoms. The van der Waals surface area contributed by atoms with Gasteiger partial charge in [-0.15, -0.1) is 0 Å². The zero-order valence-corrected chi connectivity index (χ0v) is 32.9. The lowest BCUT2D eigenvalue weighted by molar-refractivity contribution is 0.631. The molecule has 2 nitrogen and oxygen atoms in total. The first-order valence-electron chi connectivity index (χ1n) is 20.5. The highest BCUT2D eigenvalue weighted by Crippen LogP contribution is 2.44. The normalized spacial score (nSPS) is 11.3. The third-order valence-corrected chi connectivity index (χ3v) is 11.7. The zero-order valence-electron chi connectivity index (χ0n) is 32.9. The smallest absolute Gasteiger partial charge is 0.135 e. The van der Waals surface area contributed by atoms with Crippen LogP contribution in [0.4, 0.5) is 17.1 Å². The van der Waals surface area contributed by atoms with Crippen LogP contribution in [0.2, 0.25) is 0 Å². The number of hydrogen-bond acceptors (Lipinski definition) is 2. The quantitative estimate of drug-likeness (QED) is 0.153. The SMILES string of the molecule is c1ccc(-c2cccc(-c3ccc(N(c4ccc(-c5cccc6ccccc56)cc4)c4ccc(-c5cccc(-c6cc7ccccc7o6)c5)c5ccccc45)cc3)c2)cc1. The summed E-state index contributed by atoms with van der Waals surface area (Å²) in [5.41, 5.74) is 14.7. The first-order valence-corrected chi connectivity index (χ1v) is 20.5. The van der Waals surface area contributed by atoms with Gasteiger partial charge in [-0.3, -0.25) is 0 Å². The third-order valence-electron chi connectivity index (χ3n) is 11.7. The van der Waals surface area contributed by atoms with Crippen LogP contribution < -0.4 is 4.90 Å². The molecule has 0 fully saturated rings. The fourth-order valence-electron chi connectivity index (χ4n) is 8.70. The first kappa shape index (κ1) is 35.2. The fourth-order valence-corrected chi connectivity index (χ4v) is 8.70. The number of benzene rings is 10. The van der Waals surface area contributed by atoms with Crippen LogP contribution in [0.5, 0.6) is 0 Å². The van der Waals surface area contributed by atoms with Gasteiger partial charge in [-0.05, 0) is 115 Å². The fraction of sp³-hybridized carbons (Fsp3) is 0. The molecule has 0 N–H and O–H groups in total. The van der Waals surface area contributed by atoms with Crippen LogP contribution in [-0.2, 0) is 0 Å². The van der Waals surface area contributed by atoms with Crippen LogP contribution in [0.15, 0.2) is 241 Å². The molecule has 0 saturated heterocycles. The molecule has 0 amide bonds. The van der Waals surface area contributed by atoms with E-state index in [-0.39, 0.29) is 0 Å².